The van der Waals surface area contributed by atoms with Gasteiger partial charge in [-0.25, -0.2) is 9.97 Å². The molecule has 2 aromatic rings. The molecule has 24 heavy (non-hydrogen) atoms. The van der Waals surface area contributed by atoms with E-state index in [1.54, 1.807) is 13.1 Å². The quantitative estimate of drug-likeness (QED) is 0.936. The van der Waals surface area contributed by atoms with Crippen LogP contribution in [0.25, 0.3) is 11.5 Å². The highest BCUT2D eigenvalue weighted by Crippen LogP contribution is 2.29. The van der Waals surface area contributed by atoms with Crippen molar-refractivity contribution in [3.63, 3.8) is 0 Å². The Morgan fingerprint density at radius 1 is 1.29 bits per heavy atom. The number of fused-ring (bicyclic) bond motifs is 1. The van der Waals surface area contributed by atoms with Gasteiger partial charge in [0, 0.05) is 43.5 Å². The molecule has 1 N–H and O–H groups in total. The molecular formula is C18H21N5O. The lowest BCUT2D eigenvalue weighted by Gasteiger charge is -2.18. The van der Waals surface area contributed by atoms with Crippen LogP contribution in [0.1, 0.15) is 31.0 Å². The average molecular weight is 323 g/mol. The minimum absolute atomic E-state index is 0.140. The summed E-state index contributed by atoms with van der Waals surface area (Å²) in [6.07, 6.45) is 5.85. The third-order valence-electron chi connectivity index (χ3n) is 4.80. The van der Waals surface area contributed by atoms with Crippen molar-refractivity contribution < 1.29 is 4.79 Å². The fourth-order valence-electron chi connectivity index (χ4n) is 3.52. The van der Waals surface area contributed by atoms with Crippen LogP contribution in [0.3, 0.4) is 0 Å². The Morgan fingerprint density at radius 2 is 2.21 bits per heavy atom. The zero-order valence-electron chi connectivity index (χ0n) is 13.8. The van der Waals surface area contributed by atoms with Crippen LogP contribution in [0, 0.1) is 0 Å². The van der Waals surface area contributed by atoms with Crippen LogP contribution < -0.4 is 5.32 Å². The molecule has 2 aromatic heterocycles. The summed E-state index contributed by atoms with van der Waals surface area (Å²) in [6.45, 7) is 3.18. The first-order chi connectivity index (χ1) is 11.7. The van der Waals surface area contributed by atoms with Crippen molar-refractivity contribution in [2.24, 2.45) is 0 Å². The number of aromatic nitrogens is 3. The van der Waals surface area contributed by atoms with Gasteiger partial charge in [-0.2, -0.15) is 0 Å². The molecule has 0 saturated carbocycles. The summed E-state index contributed by atoms with van der Waals surface area (Å²) in [5.41, 5.74) is 3.16. The molecule has 0 aromatic carbocycles. The fraction of sp³-hybridized carbons (Fsp3) is 0.444. The van der Waals surface area contributed by atoms with Crippen molar-refractivity contribution in [1.82, 2.24) is 19.9 Å². The van der Waals surface area contributed by atoms with Crippen LogP contribution in [0.2, 0.25) is 0 Å². The Balaban J connectivity index is 1.63. The third kappa shape index (κ3) is 2.84. The van der Waals surface area contributed by atoms with Gasteiger partial charge in [0.25, 0.3) is 0 Å². The van der Waals surface area contributed by atoms with Crippen molar-refractivity contribution >= 4 is 11.7 Å². The largest absolute Gasteiger partial charge is 0.365 e. The molecule has 124 valence electrons. The maximum absolute atomic E-state index is 11.5. The number of amides is 1. The molecule has 2 aliphatic rings. The number of hydrogen-bond donors (Lipinski definition) is 1. The molecule has 1 atom stereocenters. The molecular weight excluding hydrogens is 302 g/mol. The maximum atomic E-state index is 11.5. The standard InChI is InChI=1S/C18H21N5O/c1-12(24)23-10-8-13(11-23)20-17-14-5-4-7-15(14)21-18(22-17)16-6-2-3-9-19-16/h2-3,6,9,13H,4-5,7-8,10-11H2,1H3,(H,20,21,22)/t13-/m0/s1. The Morgan fingerprint density at radius 3 is 2.96 bits per heavy atom. The number of pyridine rings is 1. The van der Waals surface area contributed by atoms with Gasteiger partial charge in [0.05, 0.1) is 0 Å². The molecule has 4 rings (SSSR count). The van der Waals surface area contributed by atoms with E-state index in [9.17, 15) is 4.79 Å². The van der Waals surface area contributed by atoms with E-state index in [1.165, 1.54) is 5.56 Å². The summed E-state index contributed by atoms with van der Waals surface area (Å²) < 4.78 is 0. The number of likely N-dealkylation sites (tertiary alicyclic amines) is 1. The Hall–Kier alpha value is -2.50. The summed E-state index contributed by atoms with van der Waals surface area (Å²) in [7, 11) is 0. The van der Waals surface area contributed by atoms with Crippen LogP contribution in [-0.2, 0) is 17.6 Å². The van der Waals surface area contributed by atoms with Crippen molar-refractivity contribution in [3.8, 4) is 11.5 Å². The monoisotopic (exact) mass is 323 g/mol. The van der Waals surface area contributed by atoms with Gasteiger partial charge in [-0.05, 0) is 37.8 Å². The average Bonchev–Trinajstić information content (AvgIpc) is 3.24. The molecule has 0 unspecified atom stereocenters. The number of nitrogens with one attached hydrogen (secondary N) is 1. The molecule has 1 aliphatic carbocycles. The Bertz CT molecular complexity index is 762. The second kappa shape index (κ2) is 6.19. The number of carbonyl (C=O) groups excluding carboxylic acids is 1. The van der Waals surface area contributed by atoms with E-state index in [0.29, 0.717) is 5.82 Å². The molecule has 6 heteroatoms. The predicted molar refractivity (Wildman–Crippen MR) is 91.6 cm³/mol. The smallest absolute Gasteiger partial charge is 0.219 e. The summed E-state index contributed by atoms with van der Waals surface area (Å²) in [5.74, 6) is 1.75. The fourth-order valence-corrected chi connectivity index (χ4v) is 3.52. The van der Waals surface area contributed by atoms with Crippen molar-refractivity contribution in [2.75, 3.05) is 18.4 Å². The van der Waals surface area contributed by atoms with Gasteiger partial charge in [-0.1, -0.05) is 6.07 Å². The van der Waals surface area contributed by atoms with Gasteiger partial charge >= 0.3 is 0 Å². The maximum Gasteiger partial charge on any atom is 0.219 e. The number of hydrogen-bond acceptors (Lipinski definition) is 5. The Labute approximate surface area is 141 Å². The van der Waals surface area contributed by atoms with Gasteiger partial charge < -0.3 is 10.2 Å². The number of carbonyl (C=O) groups is 1. The molecule has 1 saturated heterocycles. The van der Waals surface area contributed by atoms with E-state index in [4.69, 9.17) is 9.97 Å². The lowest BCUT2D eigenvalue weighted by Crippen LogP contribution is -2.30. The minimum Gasteiger partial charge on any atom is -0.365 e. The van der Waals surface area contributed by atoms with Crippen LogP contribution in [0.5, 0.6) is 0 Å². The number of rotatable bonds is 3. The van der Waals surface area contributed by atoms with Gasteiger partial charge in [-0.3, -0.25) is 9.78 Å². The molecule has 1 aliphatic heterocycles. The van der Waals surface area contributed by atoms with E-state index in [0.717, 1.165) is 56.0 Å². The van der Waals surface area contributed by atoms with E-state index < -0.39 is 0 Å². The van der Waals surface area contributed by atoms with E-state index in [1.807, 2.05) is 23.1 Å². The summed E-state index contributed by atoms with van der Waals surface area (Å²) in [5, 5.41) is 3.56. The van der Waals surface area contributed by atoms with Crippen LogP contribution in [-0.4, -0.2) is 44.9 Å². The normalized spacial score (nSPS) is 19.4. The van der Waals surface area contributed by atoms with Crippen LogP contribution >= 0.6 is 0 Å². The van der Waals surface area contributed by atoms with Gasteiger partial charge in [0.1, 0.15) is 11.5 Å². The van der Waals surface area contributed by atoms with E-state index >= 15 is 0 Å². The first kappa shape index (κ1) is 15.1. The highest BCUT2D eigenvalue weighted by molar-refractivity contribution is 5.73. The highest BCUT2D eigenvalue weighted by atomic mass is 16.2. The van der Waals surface area contributed by atoms with E-state index in [-0.39, 0.29) is 11.9 Å². The van der Waals surface area contributed by atoms with Crippen molar-refractivity contribution in [3.05, 3.63) is 35.7 Å². The molecule has 0 bridgehead atoms. The second-order valence-electron chi connectivity index (χ2n) is 6.48. The minimum atomic E-state index is 0.140. The number of anilines is 1. The number of nitrogens with zero attached hydrogens (tertiary/aromatic N) is 4. The lowest BCUT2D eigenvalue weighted by atomic mass is 10.2. The van der Waals surface area contributed by atoms with Crippen LogP contribution in [0.4, 0.5) is 5.82 Å². The Kier molecular flexibility index (Phi) is 3.88. The SMILES string of the molecule is CC(=O)N1CC[C@H](Nc2nc(-c3ccccn3)nc3c2CCC3)C1. The highest BCUT2D eigenvalue weighted by Gasteiger charge is 2.27. The molecule has 6 nitrogen and oxygen atoms in total. The summed E-state index contributed by atoms with van der Waals surface area (Å²) >= 11 is 0. The summed E-state index contributed by atoms with van der Waals surface area (Å²) in [6, 6.07) is 6.04. The molecule has 0 spiro atoms. The van der Waals surface area contributed by atoms with Gasteiger partial charge in [0.15, 0.2) is 5.82 Å². The molecule has 3 heterocycles. The molecule has 0 radical (unpaired) electrons. The zero-order chi connectivity index (χ0) is 16.5. The first-order valence-corrected chi connectivity index (χ1v) is 8.54. The third-order valence-corrected chi connectivity index (χ3v) is 4.80. The van der Waals surface area contributed by atoms with Gasteiger partial charge in [0.2, 0.25) is 5.91 Å². The summed E-state index contributed by atoms with van der Waals surface area (Å²) in [4.78, 5) is 27.3. The van der Waals surface area contributed by atoms with Gasteiger partial charge in [-0.15, -0.1) is 0 Å². The topological polar surface area (TPSA) is 71.0 Å². The second-order valence-corrected chi connectivity index (χ2v) is 6.48. The van der Waals surface area contributed by atoms with Crippen molar-refractivity contribution in [1.29, 1.82) is 0 Å². The van der Waals surface area contributed by atoms with Crippen molar-refractivity contribution in [2.45, 2.75) is 38.6 Å². The number of aryl methyl sites for hydroxylation is 1. The zero-order valence-corrected chi connectivity index (χ0v) is 13.8. The molecule has 1 fully saturated rings. The molecule has 1 amide bonds. The lowest BCUT2D eigenvalue weighted by molar-refractivity contribution is -0.127. The first-order valence-electron chi connectivity index (χ1n) is 8.54. The van der Waals surface area contributed by atoms with Crippen LogP contribution in [0.15, 0.2) is 24.4 Å². The van der Waals surface area contributed by atoms with E-state index in [2.05, 4.69) is 10.3 Å². The predicted octanol–water partition coefficient (Wildman–Crippen LogP) is 2.06.